The molecule has 0 N–H and O–H groups in total. The highest BCUT2D eigenvalue weighted by molar-refractivity contribution is 4.53. The van der Waals surface area contributed by atoms with Crippen LogP contribution in [-0.2, 0) is 9.47 Å². The van der Waals surface area contributed by atoms with Gasteiger partial charge in [0.1, 0.15) is 6.79 Å². The van der Waals surface area contributed by atoms with Crippen molar-refractivity contribution in [1.29, 1.82) is 0 Å². The topological polar surface area (TPSA) is 18.5 Å². The molecule has 0 heterocycles. The summed E-state index contributed by atoms with van der Waals surface area (Å²) in [6.45, 7) is 3.11. The number of hydrogen-bond acceptors (Lipinski definition) is 2. The molecule has 0 aliphatic carbocycles. The molecule has 0 aliphatic rings. The van der Waals surface area contributed by atoms with Gasteiger partial charge >= 0.3 is 0 Å². The Labute approximate surface area is 69.7 Å². The van der Waals surface area contributed by atoms with Crippen LogP contribution in [0.25, 0.3) is 0 Å². The van der Waals surface area contributed by atoms with Gasteiger partial charge in [-0.1, -0.05) is 21.8 Å². The second kappa shape index (κ2) is 7.95. The van der Waals surface area contributed by atoms with Crippen LogP contribution in [-0.4, -0.2) is 19.8 Å². The molecule has 0 aromatic heterocycles. The number of methoxy groups -OCH3 is 1. The summed E-state index contributed by atoms with van der Waals surface area (Å²) >= 11 is 0. The summed E-state index contributed by atoms with van der Waals surface area (Å²) in [7, 11) is 1.46. The standard InChI is InChI=1S/C6H13FO2.2CH4/c1-4-6(2,7)9-5-8-3;;/h4-5H2,1-3H3;2*1H4. The molecule has 0 amide bonds. The van der Waals surface area contributed by atoms with Crippen molar-refractivity contribution in [1.82, 2.24) is 0 Å². The SMILES string of the molecule is C.C.CCC(C)(F)OCOC. The van der Waals surface area contributed by atoms with Gasteiger partial charge < -0.3 is 9.47 Å². The van der Waals surface area contributed by atoms with E-state index in [0.717, 1.165) is 0 Å². The molecule has 1 atom stereocenters. The maximum atomic E-state index is 12.7. The molecule has 2 nitrogen and oxygen atoms in total. The molecule has 0 saturated heterocycles. The molecule has 0 aliphatic heterocycles. The Balaban J connectivity index is -0.000000320. The highest BCUT2D eigenvalue weighted by atomic mass is 19.2. The summed E-state index contributed by atoms with van der Waals surface area (Å²) in [6.07, 6.45) is 0.344. The maximum absolute atomic E-state index is 12.7. The molecule has 0 bridgehead atoms. The van der Waals surface area contributed by atoms with Crippen molar-refractivity contribution in [3.63, 3.8) is 0 Å². The van der Waals surface area contributed by atoms with Gasteiger partial charge in [-0.05, 0) is 6.92 Å². The van der Waals surface area contributed by atoms with Crippen LogP contribution >= 0.6 is 0 Å². The molecule has 1 unspecified atom stereocenters. The zero-order chi connectivity index (χ0) is 7.33. The summed E-state index contributed by atoms with van der Waals surface area (Å²) in [5, 5.41) is 0. The first kappa shape index (κ1) is 17.1. The highest BCUT2D eigenvalue weighted by Gasteiger charge is 2.19. The van der Waals surface area contributed by atoms with Crippen LogP contribution in [0.3, 0.4) is 0 Å². The average molecular weight is 168 g/mol. The lowest BCUT2D eigenvalue weighted by molar-refractivity contribution is -0.189. The number of halogens is 1. The molecule has 0 aromatic rings. The second-order valence-electron chi connectivity index (χ2n) is 2.01. The van der Waals surface area contributed by atoms with E-state index in [-0.39, 0.29) is 21.6 Å². The molecule has 0 fully saturated rings. The zero-order valence-electron chi connectivity index (χ0n) is 6.11. The Bertz CT molecular complexity index is 74.5. The fraction of sp³-hybridized carbons (Fsp3) is 1.00. The summed E-state index contributed by atoms with van der Waals surface area (Å²) in [5.74, 6) is -1.53. The van der Waals surface area contributed by atoms with E-state index in [1.165, 1.54) is 14.0 Å². The summed E-state index contributed by atoms with van der Waals surface area (Å²) in [5.41, 5.74) is 0. The number of rotatable bonds is 4. The van der Waals surface area contributed by atoms with E-state index in [1.54, 1.807) is 6.92 Å². The maximum Gasteiger partial charge on any atom is 0.208 e. The predicted molar refractivity (Wildman–Crippen MR) is 46.2 cm³/mol. The van der Waals surface area contributed by atoms with E-state index in [1.807, 2.05) is 0 Å². The van der Waals surface area contributed by atoms with Crippen molar-refractivity contribution < 1.29 is 13.9 Å². The van der Waals surface area contributed by atoms with Crippen molar-refractivity contribution in [2.45, 2.75) is 41.0 Å². The van der Waals surface area contributed by atoms with Gasteiger partial charge in [0.15, 0.2) is 0 Å². The van der Waals surface area contributed by atoms with E-state index >= 15 is 0 Å². The number of hydrogen-bond donors (Lipinski definition) is 0. The van der Waals surface area contributed by atoms with Gasteiger partial charge in [0.2, 0.25) is 5.85 Å². The zero-order valence-corrected chi connectivity index (χ0v) is 6.11. The quantitative estimate of drug-likeness (QED) is 0.601. The lowest BCUT2D eigenvalue weighted by Crippen LogP contribution is -2.22. The lowest BCUT2D eigenvalue weighted by Gasteiger charge is -2.17. The molecule has 0 aromatic carbocycles. The van der Waals surface area contributed by atoms with E-state index in [9.17, 15) is 4.39 Å². The molecule has 0 radical (unpaired) electrons. The smallest absolute Gasteiger partial charge is 0.208 e. The molecular weight excluding hydrogens is 147 g/mol. The monoisotopic (exact) mass is 168 g/mol. The third kappa shape index (κ3) is 9.85. The van der Waals surface area contributed by atoms with Gasteiger partial charge in [0.25, 0.3) is 0 Å². The Hall–Kier alpha value is -0.150. The van der Waals surface area contributed by atoms with Gasteiger partial charge in [-0.15, -0.1) is 0 Å². The van der Waals surface area contributed by atoms with Crippen LogP contribution < -0.4 is 0 Å². The van der Waals surface area contributed by atoms with Crippen molar-refractivity contribution >= 4 is 0 Å². The molecule has 11 heavy (non-hydrogen) atoms. The van der Waals surface area contributed by atoms with Gasteiger partial charge in [-0.3, -0.25) is 0 Å². The van der Waals surface area contributed by atoms with Crippen molar-refractivity contribution in [2.75, 3.05) is 13.9 Å². The molecule has 0 rings (SSSR count). The molecular formula is C8H21FO2. The molecule has 72 valence electrons. The van der Waals surface area contributed by atoms with E-state index in [4.69, 9.17) is 0 Å². The first-order valence-corrected chi connectivity index (χ1v) is 2.94. The Morgan fingerprint density at radius 1 is 1.36 bits per heavy atom. The minimum Gasteiger partial charge on any atom is -0.359 e. The van der Waals surface area contributed by atoms with E-state index in [2.05, 4.69) is 9.47 Å². The van der Waals surface area contributed by atoms with E-state index < -0.39 is 5.85 Å². The molecule has 0 saturated carbocycles. The van der Waals surface area contributed by atoms with Crippen LogP contribution in [0.5, 0.6) is 0 Å². The first-order valence-electron chi connectivity index (χ1n) is 2.94. The Kier molecular flexibility index (Phi) is 12.3. The third-order valence-corrected chi connectivity index (χ3v) is 1.11. The van der Waals surface area contributed by atoms with Crippen LogP contribution in [0.2, 0.25) is 0 Å². The van der Waals surface area contributed by atoms with Crippen molar-refractivity contribution in [3.8, 4) is 0 Å². The molecule has 0 spiro atoms. The largest absolute Gasteiger partial charge is 0.359 e. The normalized spacial score (nSPS) is 14.2. The average Bonchev–Trinajstić information content (AvgIpc) is 1.84. The Morgan fingerprint density at radius 2 is 1.82 bits per heavy atom. The van der Waals surface area contributed by atoms with Crippen LogP contribution in [0, 0.1) is 0 Å². The Morgan fingerprint density at radius 3 is 2.09 bits per heavy atom. The third-order valence-electron chi connectivity index (χ3n) is 1.11. The predicted octanol–water partition coefficient (Wildman–Crippen LogP) is 2.97. The minimum absolute atomic E-state index is 0. The van der Waals surface area contributed by atoms with Gasteiger partial charge in [-0.2, -0.15) is 0 Å². The van der Waals surface area contributed by atoms with Crippen molar-refractivity contribution in [2.24, 2.45) is 0 Å². The van der Waals surface area contributed by atoms with E-state index in [0.29, 0.717) is 6.42 Å². The summed E-state index contributed by atoms with van der Waals surface area (Å²) < 4.78 is 21.9. The molecule has 3 heteroatoms. The fourth-order valence-corrected chi connectivity index (χ4v) is 0.284. The van der Waals surface area contributed by atoms with Crippen LogP contribution in [0.15, 0.2) is 0 Å². The lowest BCUT2D eigenvalue weighted by atomic mass is 10.3. The van der Waals surface area contributed by atoms with Gasteiger partial charge in [0.05, 0.1) is 0 Å². The van der Waals surface area contributed by atoms with Crippen LogP contribution in [0.4, 0.5) is 4.39 Å². The first-order chi connectivity index (χ1) is 4.12. The van der Waals surface area contributed by atoms with Gasteiger partial charge in [0, 0.05) is 13.5 Å². The second-order valence-corrected chi connectivity index (χ2v) is 2.01. The number of alkyl halides is 1. The minimum atomic E-state index is -1.53. The highest BCUT2D eigenvalue weighted by Crippen LogP contribution is 2.15. The summed E-state index contributed by atoms with van der Waals surface area (Å²) in [6, 6.07) is 0. The fourth-order valence-electron chi connectivity index (χ4n) is 0.284. The van der Waals surface area contributed by atoms with Crippen LogP contribution in [0.1, 0.15) is 35.1 Å². The van der Waals surface area contributed by atoms with Gasteiger partial charge in [-0.25, -0.2) is 4.39 Å². The van der Waals surface area contributed by atoms with Crippen molar-refractivity contribution in [3.05, 3.63) is 0 Å². The summed E-state index contributed by atoms with van der Waals surface area (Å²) in [4.78, 5) is 0. The number of ether oxygens (including phenoxy) is 2.